The molecule has 0 fully saturated rings. The number of anilines is 1. The Morgan fingerprint density at radius 2 is 1.53 bits per heavy atom. The maximum atomic E-state index is 14.5. The first kappa shape index (κ1) is 51.4. The van der Waals surface area contributed by atoms with Gasteiger partial charge < -0.3 is 54.0 Å². The molecule has 0 saturated heterocycles. The summed E-state index contributed by atoms with van der Waals surface area (Å²) in [6, 6.07) is 14.0. The zero-order valence-corrected chi connectivity index (χ0v) is 38.3. The number of hydrazone groups is 1. The number of hydrogen-bond donors (Lipinski definition) is 10. The molecule has 13 N–H and O–H groups in total. The summed E-state index contributed by atoms with van der Waals surface area (Å²) in [7, 11) is 0. The van der Waals surface area contributed by atoms with E-state index in [0.717, 1.165) is 10.9 Å². The highest BCUT2D eigenvalue weighted by Gasteiger charge is 2.34. The number of phenols is 1. The van der Waals surface area contributed by atoms with Gasteiger partial charge in [-0.2, -0.15) is 5.10 Å². The molecule has 4 aromatic rings. The molecular formula is C48H62N12O8. The number of phenolic OH excluding ortho intramolecular Hbond substituents is 1. The van der Waals surface area contributed by atoms with Crippen LogP contribution < -0.4 is 48.8 Å². The number of aromatic nitrogens is 1. The van der Waals surface area contributed by atoms with Crippen LogP contribution in [0.3, 0.4) is 0 Å². The van der Waals surface area contributed by atoms with Crippen molar-refractivity contribution in [2.24, 2.45) is 27.4 Å². The number of nitrogens with one attached hydrogen (secondary N) is 6. The van der Waals surface area contributed by atoms with Crippen LogP contribution in [0.2, 0.25) is 0 Å². The van der Waals surface area contributed by atoms with Crippen molar-refractivity contribution in [3.8, 4) is 5.75 Å². The maximum Gasteiger partial charge on any atom is 0.247 e. The summed E-state index contributed by atoms with van der Waals surface area (Å²) in [6.45, 7) is 2.93. The highest BCUT2D eigenvalue weighted by atomic mass is 16.3. The number of aromatic amines is 1. The van der Waals surface area contributed by atoms with Crippen LogP contribution in [-0.2, 0) is 46.4 Å². The minimum Gasteiger partial charge on any atom is -0.508 e. The van der Waals surface area contributed by atoms with Gasteiger partial charge in [0, 0.05) is 61.7 Å². The van der Waals surface area contributed by atoms with Crippen LogP contribution >= 0.6 is 0 Å². The Labute approximate surface area is 394 Å². The fourth-order valence-corrected chi connectivity index (χ4v) is 7.98. The summed E-state index contributed by atoms with van der Waals surface area (Å²) in [5.74, 6) is 0.755. The number of unbranched alkanes of at least 4 members (excludes halogenated alkanes) is 1. The number of rotatable bonds is 11. The number of carbonyl (C=O) groups excluding carboxylic acids is 7. The van der Waals surface area contributed by atoms with Gasteiger partial charge in [-0.3, -0.25) is 43.5 Å². The standard InChI is InChI=1S/C48H62N12O8/c1-29-11-3-6-15-41(29)60-42(44(50)64)16-8-10-22-52-27-33(59-51)25-40(55-30(2)61)48(68)58-39(24-32-26-53-36-13-5-4-12-35(32)36)47(67)56-37(14-7-9-21-49)46(66)57-38(45(65)54-28-43(60)63)23-31-17-19-34(62)20-18-31/h3-6,11-13,15,17-20,26-27,37-40,42,53,62H,7-10,14,16,21-25,28,49,51H2,1-2H3,(H2,50,64)(H,54,65)(H,55,61)(H,56,67)(H,57,66)(H,58,68)/t37?,38-,39-,40?,42+/m0/s1. The fraction of sp³-hybridized carbons (Fsp3) is 0.396. The van der Waals surface area contributed by atoms with E-state index < -0.39 is 78.1 Å². The van der Waals surface area contributed by atoms with Crippen molar-refractivity contribution in [3.05, 3.63) is 95.7 Å². The summed E-state index contributed by atoms with van der Waals surface area (Å²) in [6.07, 6.45) is 4.65. The molecule has 20 nitrogen and oxygen atoms in total. The third-order valence-electron chi connectivity index (χ3n) is 11.5. The number of nitrogens with two attached hydrogens (primary N) is 3. The van der Waals surface area contributed by atoms with E-state index in [0.29, 0.717) is 54.6 Å². The summed E-state index contributed by atoms with van der Waals surface area (Å²) < 4.78 is 0. The number of nitrogens with zero attached hydrogens (tertiary/aromatic N) is 3. The molecule has 5 rings (SSSR count). The van der Waals surface area contributed by atoms with Crippen molar-refractivity contribution in [1.29, 1.82) is 0 Å². The minimum absolute atomic E-state index is 0.0251. The lowest BCUT2D eigenvalue weighted by Crippen LogP contribution is -2.59. The van der Waals surface area contributed by atoms with Crippen LogP contribution in [0.4, 0.5) is 5.69 Å². The van der Waals surface area contributed by atoms with E-state index in [-0.39, 0.29) is 50.1 Å². The summed E-state index contributed by atoms with van der Waals surface area (Å²) >= 11 is 0. The first-order chi connectivity index (χ1) is 32.7. The summed E-state index contributed by atoms with van der Waals surface area (Å²) in [4.78, 5) is 106. The number of hydrogen-bond acceptors (Lipinski definition) is 12. The molecule has 2 unspecified atom stereocenters. The molecule has 1 aliphatic heterocycles. The van der Waals surface area contributed by atoms with Crippen LogP contribution in [0, 0.1) is 6.92 Å². The number of amides is 7. The van der Waals surface area contributed by atoms with Gasteiger partial charge in [0.15, 0.2) is 0 Å². The molecule has 0 radical (unpaired) electrons. The quantitative estimate of drug-likeness (QED) is 0.0578. The summed E-state index contributed by atoms with van der Waals surface area (Å²) in [5, 5.41) is 28.2. The normalized spacial score (nSPS) is 21.6. The monoisotopic (exact) mass is 934 g/mol. The first-order valence-corrected chi connectivity index (χ1v) is 22.6. The van der Waals surface area contributed by atoms with Crippen molar-refractivity contribution in [1.82, 2.24) is 31.6 Å². The molecule has 0 spiro atoms. The van der Waals surface area contributed by atoms with Crippen molar-refractivity contribution in [3.63, 3.8) is 0 Å². The molecule has 7 amide bonds. The second-order valence-electron chi connectivity index (χ2n) is 16.7. The first-order valence-electron chi connectivity index (χ1n) is 22.6. The van der Waals surface area contributed by atoms with Crippen LogP contribution in [0.1, 0.15) is 68.6 Å². The van der Waals surface area contributed by atoms with Gasteiger partial charge in [0.05, 0.1) is 12.3 Å². The van der Waals surface area contributed by atoms with Gasteiger partial charge in [0.25, 0.3) is 0 Å². The largest absolute Gasteiger partial charge is 0.508 e. The molecule has 0 bridgehead atoms. The van der Waals surface area contributed by atoms with Crippen LogP contribution in [0.25, 0.3) is 10.9 Å². The van der Waals surface area contributed by atoms with Gasteiger partial charge in [-0.25, -0.2) is 0 Å². The molecule has 0 saturated carbocycles. The van der Waals surface area contributed by atoms with E-state index in [1.54, 1.807) is 49.5 Å². The number of aryl methyl sites for hydroxylation is 1. The predicted octanol–water partition coefficient (Wildman–Crippen LogP) is 1.02. The number of benzene rings is 3. The fourth-order valence-electron chi connectivity index (χ4n) is 7.98. The number of primary amides is 1. The third-order valence-corrected chi connectivity index (χ3v) is 11.5. The molecule has 1 aliphatic rings. The molecule has 68 heavy (non-hydrogen) atoms. The second kappa shape index (κ2) is 25.3. The Balaban J connectivity index is 1.56. The van der Waals surface area contributed by atoms with Crippen molar-refractivity contribution in [2.45, 2.75) is 102 Å². The van der Waals surface area contributed by atoms with E-state index in [9.17, 15) is 38.7 Å². The van der Waals surface area contributed by atoms with E-state index in [4.69, 9.17) is 17.3 Å². The van der Waals surface area contributed by atoms with E-state index in [1.165, 1.54) is 30.2 Å². The number of aromatic hydroxyl groups is 1. The van der Waals surface area contributed by atoms with Crippen molar-refractivity contribution in [2.75, 3.05) is 24.5 Å². The molecule has 0 aliphatic carbocycles. The van der Waals surface area contributed by atoms with E-state index >= 15 is 0 Å². The van der Waals surface area contributed by atoms with Gasteiger partial charge in [-0.05, 0) is 92.9 Å². The number of carbonyl (C=O) groups is 7. The molecular weight excluding hydrogens is 873 g/mol. The molecule has 3 aromatic carbocycles. The Bertz CT molecular complexity index is 2470. The van der Waals surface area contributed by atoms with E-state index in [2.05, 4.69) is 41.7 Å². The van der Waals surface area contributed by atoms with Gasteiger partial charge in [-0.15, -0.1) is 0 Å². The van der Waals surface area contributed by atoms with Crippen LogP contribution in [0.15, 0.2) is 89.1 Å². The molecule has 2 heterocycles. The van der Waals surface area contributed by atoms with Crippen molar-refractivity contribution >= 4 is 69.9 Å². The van der Waals surface area contributed by atoms with Gasteiger partial charge in [0.2, 0.25) is 41.4 Å². The topological polar surface area (TPSA) is 322 Å². The average molecular weight is 935 g/mol. The smallest absolute Gasteiger partial charge is 0.247 e. The van der Waals surface area contributed by atoms with Crippen LogP contribution in [0.5, 0.6) is 5.75 Å². The highest BCUT2D eigenvalue weighted by molar-refractivity contribution is 6.31. The Hall–Kier alpha value is -7.61. The lowest BCUT2D eigenvalue weighted by molar-refractivity contribution is -0.134. The second-order valence-corrected chi connectivity index (χ2v) is 16.7. The predicted molar refractivity (Wildman–Crippen MR) is 258 cm³/mol. The molecule has 20 heteroatoms. The molecule has 5 atom stereocenters. The number of para-hydroxylation sites is 2. The molecule has 1 aromatic heterocycles. The molecule has 362 valence electrons. The zero-order valence-electron chi connectivity index (χ0n) is 38.3. The third kappa shape index (κ3) is 14.7. The van der Waals surface area contributed by atoms with Gasteiger partial charge in [0.1, 0.15) is 36.0 Å². The van der Waals surface area contributed by atoms with Crippen LogP contribution in [-0.4, -0.2) is 113 Å². The summed E-state index contributed by atoms with van der Waals surface area (Å²) in [5.41, 5.74) is 15.0. The Kier molecular flexibility index (Phi) is 19.1. The highest BCUT2D eigenvalue weighted by Crippen LogP contribution is 2.25. The maximum absolute atomic E-state index is 14.5. The number of aliphatic imine (C=N–C) groups is 1. The number of fused-ring (bicyclic) bond motifs is 1. The van der Waals surface area contributed by atoms with Gasteiger partial charge >= 0.3 is 0 Å². The lowest BCUT2D eigenvalue weighted by Gasteiger charge is -2.31. The minimum atomic E-state index is -1.32. The number of H-pyrrole nitrogens is 1. The average Bonchev–Trinajstić information content (AvgIpc) is 3.72. The van der Waals surface area contributed by atoms with Crippen molar-refractivity contribution < 1.29 is 38.7 Å². The SMILES string of the molecule is CC(=O)NC1CC(=NN)C=NCCCC[C@H](C(N)=O)N(c2ccccc2C)C(=O)CNC(=O)[C@H](Cc2ccc(O)cc2)NC(=O)C(CCCCN)NC(=O)[C@H](Cc2c[nH]c3ccccc23)NC1=O. The Morgan fingerprint density at radius 1 is 0.853 bits per heavy atom. The lowest BCUT2D eigenvalue weighted by atomic mass is 10.0. The van der Waals surface area contributed by atoms with E-state index in [1.807, 2.05) is 24.3 Å². The zero-order chi connectivity index (χ0) is 49.2. The Morgan fingerprint density at radius 3 is 2.24 bits per heavy atom. The van der Waals surface area contributed by atoms with Gasteiger partial charge in [-0.1, -0.05) is 48.5 Å².